The van der Waals surface area contributed by atoms with Crippen molar-refractivity contribution in [2.24, 2.45) is 0 Å². The van der Waals surface area contributed by atoms with Crippen LogP contribution in [0.4, 0.5) is 0 Å². The van der Waals surface area contributed by atoms with Gasteiger partial charge in [0, 0.05) is 6.54 Å². The van der Waals surface area contributed by atoms with E-state index >= 15 is 0 Å². The zero-order valence-corrected chi connectivity index (χ0v) is 11.7. The number of fused-ring (bicyclic) bond motifs is 1. The van der Waals surface area contributed by atoms with Gasteiger partial charge in [-0.05, 0) is 43.1 Å². The molecule has 0 atom stereocenters. The van der Waals surface area contributed by atoms with Gasteiger partial charge >= 0.3 is 0 Å². The van der Waals surface area contributed by atoms with Gasteiger partial charge in [0.05, 0.1) is 11.0 Å². The van der Waals surface area contributed by atoms with Crippen molar-refractivity contribution in [1.29, 1.82) is 0 Å². The zero-order valence-electron chi connectivity index (χ0n) is 11.7. The number of hydrogen-bond donors (Lipinski definition) is 2. The van der Waals surface area contributed by atoms with E-state index in [0.29, 0.717) is 0 Å². The molecule has 0 bridgehead atoms. The van der Waals surface area contributed by atoms with Crippen LogP contribution in [0, 0.1) is 6.92 Å². The molecule has 3 nitrogen and oxygen atoms in total. The van der Waals surface area contributed by atoms with Crippen LogP contribution in [-0.4, -0.2) is 16.5 Å². The second kappa shape index (κ2) is 5.88. The Labute approximate surface area is 119 Å². The fraction of sp³-hybridized carbons (Fsp3) is 0.235. The first kappa shape index (κ1) is 12.9. The topological polar surface area (TPSA) is 40.7 Å². The van der Waals surface area contributed by atoms with Crippen LogP contribution in [0.1, 0.15) is 17.0 Å². The SMILES string of the molecule is Cc1nc2cc(CNCCc3ccccc3)ccc2[nH]1. The Morgan fingerprint density at radius 1 is 1.05 bits per heavy atom. The fourth-order valence-electron chi connectivity index (χ4n) is 2.40. The Bertz CT molecular complexity index is 686. The average Bonchev–Trinajstić information content (AvgIpc) is 2.84. The molecule has 1 aromatic heterocycles. The average molecular weight is 265 g/mol. The lowest BCUT2D eigenvalue weighted by molar-refractivity contribution is 0.687. The van der Waals surface area contributed by atoms with Crippen molar-refractivity contribution in [2.45, 2.75) is 19.9 Å². The molecule has 0 saturated carbocycles. The molecule has 0 aliphatic rings. The van der Waals surface area contributed by atoms with Gasteiger partial charge in [-0.2, -0.15) is 0 Å². The van der Waals surface area contributed by atoms with Crippen molar-refractivity contribution in [3.63, 3.8) is 0 Å². The second-order valence-corrected chi connectivity index (χ2v) is 5.09. The van der Waals surface area contributed by atoms with Crippen molar-refractivity contribution in [3.05, 3.63) is 65.5 Å². The summed E-state index contributed by atoms with van der Waals surface area (Å²) in [6.07, 6.45) is 1.06. The van der Waals surface area contributed by atoms with E-state index in [0.717, 1.165) is 36.4 Å². The standard InChI is InChI=1S/C17H19N3/c1-13-19-16-8-7-15(11-17(16)20-13)12-18-10-9-14-5-3-2-4-6-14/h2-8,11,18H,9-10,12H2,1H3,(H,19,20). The van der Waals surface area contributed by atoms with Gasteiger partial charge in [0.1, 0.15) is 5.82 Å². The maximum absolute atomic E-state index is 4.47. The molecule has 0 aliphatic heterocycles. The Morgan fingerprint density at radius 2 is 1.90 bits per heavy atom. The summed E-state index contributed by atoms with van der Waals surface area (Å²) in [5.41, 5.74) is 4.80. The Hall–Kier alpha value is -2.13. The number of hydrogen-bond acceptors (Lipinski definition) is 2. The zero-order chi connectivity index (χ0) is 13.8. The lowest BCUT2D eigenvalue weighted by Crippen LogP contribution is -2.16. The van der Waals surface area contributed by atoms with E-state index in [9.17, 15) is 0 Å². The highest BCUT2D eigenvalue weighted by atomic mass is 14.9. The van der Waals surface area contributed by atoms with Crippen LogP contribution in [0.25, 0.3) is 11.0 Å². The predicted molar refractivity (Wildman–Crippen MR) is 82.7 cm³/mol. The number of benzene rings is 2. The number of aryl methyl sites for hydroxylation is 1. The lowest BCUT2D eigenvalue weighted by Gasteiger charge is -2.05. The number of H-pyrrole nitrogens is 1. The minimum atomic E-state index is 0.884. The Kier molecular flexibility index (Phi) is 3.79. The van der Waals surface area contributed by atoms with Crippen LogP contribution in [0.2, 0.25) is 0 Å². The normalized spacial score (nSPS) is 11.1. The summed E-state index contributed by atoms with van der Waals surface area (Å²) in [7, 11) is 0. The summed E-state index contributed by atoms with van der Waals surface area (Å²) in [5.74, 6) is 0.967. The molecule has 0 aliphatic carbocycles. The first-order valence-electron chi connectivity index (χ1n) is 7.01. The maximum atomic E-state index is 4.47. The van der Waals surface area contributed by atoms with Gasteiger partial charge < -0.3 is 10.3 Å². The van der Waals surface area contributed by atoms with E-state index < -0.39 is 0 Å². The van der Waals surface area contributed by atoms with Crippen LogP contribution in [0.5, 0.6) is 0 Å². The van der Waals surface area contributed by atoms with Crippen molar-refractivity contribution >= 4 is 11.0 Å². The number of aromatic amines is 1. The van der Waals surface area contributed by atoms with Gasteiger partial charge in [0.15, 0.2) is 0 Å². The fourth-order valence-corrected chi connectivity index (χ4v) is 2.40. The molecule has 3 aromatic rings. The lowest BCUT2D eigenvalue weighted by atomic mass is 10.1. The third kappa shape index (κ3) is 3.06. The molecule has 3 rings (SSSR count). The summed E-state index contributed by atoms with van der Waals surface area (Å²) in [4.78, 5) is 7.71. The first-order chi connectivity index (χ1) is 9.81. The van der Waals surface area contributed by atoms with Crippen LogP contribution in [-0.2, 0) is 13.0 Å². The quantitative estimate of drug-likeness (QED) is 0.695. The molecule has 102 valence electrons. The molecule has 3 heteroatoms. The van der Waals surface area contributed by atoms with E-state index in [1.54, 1.807) is 0 Å². The first-order valence-corrected chi connectivity index (χ1v) is 7.01. The van der Waals surface area contributed by atoms with Crippen molar-refractivity contribution in [3.8, 4) is 0 Å². The third-order valence-corrected chi connectivity index (χ3v) is 3.43. The summed E-state index contributed by atoms with van der Waals surface area (Å²) in [6, 6.07) is 17.0. The summed E-state index contributed by atoms with van der Waals surface area (Å²) in [6.45, 7) is 3.86. The molecular formula is C17H19N3. The highest BCUT2D eigenvalue weighted by Crippen LogP contribution is 2.13. The molecule has 0 unspecified atom stereocenters. The monoisotopic (exact) mass is 265 g/mol. The van der Waals surface area contributed by atoms with Gasteiger partial charge in [-0.25, -0.2) is 4.98 Å². The second-order valence-electron chi connectivity index (χ2n) is 5.09. The van der Waals surface area contributed by atoms with Crippen molar-refractivity contribution in [2.75, 3.05) is 6.54 Å². The minimum absolute atomic E-state index is 0.884. The molecule has 0 radical (unpaired) electrons. The van der Waals surface area contributed by atoms with Gasteiger partial charge in [0.25, 0.3) is 0 Å². The number of nitrogens with one attached hydrogen (secondary N) is 2. The van der Waals surface area contributed by atoms with Crippen molar-refractivity contribution in [1.82, 2.24) is 15.3 Å². The van der Waals surface area contributed by atoms with E-state index in [2.05, 4.69) is 63.8 Å². The highest BCUT2D eigenvalue weighted by Gasteiger charge is 2.00. The number of imidazole rings is 1. The van der Waals surface area contributed by atoms with Crippen LogP contribution >= 0.6 is 0 Å². The Morgan fingerprint density at radius 3 is 2.75 bits per heavy atom. The molecule has 0 amide bonds. The van der Waals surface area contributed by atoms with Gasteiger partial charge in [0.2, 0.25) is 0 Å². The Balaban J connectivity index is 1.54. The number of nitrogens with zero attached hydrogens (tertiary/aromatic N) is 1. The largest absolute Gasteiger partial charge is 0.342 e. The van der Waals surface area contributed by atoms with Crippen LogP contribution in [0.15, 0.2) is 48.5 Å². The third-order valence-electron chi connectivity index (χ3n) is 3.43. The van der Waals surface area contributed by atoms with Gasteiger partial charge in [-0.1, -0.05) is 36.4 Å². The summed E-state index contributed by atoms with van der Waals surface area (Å²) < 4.78 is 0. The highest BCUT2D eigenvalue weighted by molar-refractivity contribution is 5.75. The van der Waals surface area contributed by atoms with Gasteiger partial charge in [-0.3, -0.25) is 0 Å². The van der Waals surface area contributed by atoms with E-state index in [1.807, 2.05) is 6.92 Å². The van der Waals surface area contributed by atoms with Crippen LogP contribution in [0.3, 0.4) is 0 Å². The molecule has 2 N–H and O–H groups in total. The molecule has 0 fully saturated rings. The van der Waals surface area contributed by atoms with Crippen molar-refractivity contribution < 1.29 is 0 Å². The van der Waals surface area contributed by atoms with Crippen LogP contribution < -0.4 is 5.32 Å². The number of rotatable bonds is 5. The molecule has 2 aromatic carbocycles. The van der Waals surface area contributed by atoms with Gasteiger partial charge in [-0.15, -0.1) is 0 Å². The van der Waals surface area contributed by atoms with E-state index in [1.165, 1.54) is 11.1 Å². The molecule has 1 heterocycles. The predicted octanol–water partition coefficient (Wildman–Crippen LogP) is 3.20. The summed E-state index contributed by atoms with van der Waals surface area (Å²) >= 11 is 0. The minimum Gasteiger partial charge on any atom is -0.342 e. The molecular weight excluding hydrogens is 246 g/mol. The van der Waals surface area contributed by atoms with E-state index in [4.69, 9.17) is 0 Å². The molecule has 0 saturated heterocycles. The molecule has 0 spiro atoms. The smallest absolute Gasteiger partial charge is 0.104 e. The summed E-state index contributed by atoms with van der Waals surface area (Å²) in [5, 5.41) is 3.48. The number of aromatic nitrogens is 2. The van der Waals surface area contributed by atoms with E-state index in [-0.39, 0.29) is 0 Å². The molecule has 20 heavy (non-hydrogen) atoms. The maximum Gasteiger partial charge on any atom is 0.104 e.